The van der Waals surface area contributed by atoms with Gasteiger partial charge in [-0.15, -0.1) is 0 Å². The number of carbonyl (C=O) groups is 1. The predicted molar refractivity (Wildman–Crippen MR) is 74.9 cm³/mol. The molecule has 1 aromatic carbocycles. The number of hydrogen-bond acceptors (Lipinski definition) is 4. The first-order chi connectivity index (χ1) is 9.34. The van der Waals surface area contributed by atoms with Crippen molar-refractivity contribution in [1.82, 2.24) is 4.72 Å². The molecule has 1 unspecified atom stereocenters. The SMILES string of the molecule is CCCC(O)CNS(=O)(=O)Cc1ccc(C(=O)O)cc1. The van der Waals surface area contributed by atoms with Crippen molar-refractivity contribution in [2.45, 2.75) is 31.6 Å². The summed E-state index contributed by atoms with van der Waals surface area (Å²) in [6, 6.07) is 5.65. The number of carboxylic acids is 1. The minimum atomic E-state index is -3.54. The van der Waals surface area contributed by atoms with Gasteiger partial charge in [0.1, 0.15) is 0 Å². The molecular formula is C13H19NO5S. The third-order valence-electron chi connectivity index (χ3n) is 2.72. The summed E-state index contributed by atoms with van der Waals surface area (Å²) in [6.45, 7) is 1.89. The molecule has 0 aliphatic carbocycles. The lowest BCUT2D eigenvalue weighted by Crippen LogP contribution is -2.32. The first-order valence-electron chi connectivity index (χ1n) is 6.31. The van der Waals surface area contributed by atoms with E-state index in [1.165, 1.54) is 24.3 Å². The summed E-state index contributed by atoms with van der Waals surface area (Å²) in [7, 11) is -3.54. The first kappa shape index (κ1) is 16.6. The molecule has 1 atom stereocenters. The topological polar surface area (TPSA) is 104 Å². The molecule has 3 N–H and O–H groups in total. The van der Waals surface area contributed by atoms with Crippen molar-refractivity contribution < 1.29 is 23.4 Å². The highest BCUT2D eigenvalue weighted by atomic mass is 32.2. The zero-order valence-corrected chi connectivity index (χ0v) is 12.1. The van der Waals surface area contributed by atoms with Crippen LogP contribution < -0.4 is 4.72 Å². The number of sulfonamides is 1. The second kappa shape index (κ2) is 7.37. The molecule has 0 aliphatic heterocycles. The molecule has 0 aromatic heterocycles. The second-order valence-corrected chi connectivity index (χ2v) is 6.36. The highest BCUT2D eigenvalue weighted by molar-refractivity contribution is 7.88. The van der Waals surface area contributed by atoms with E-state index in [-0.39, 0.29) is 17.9 Å². The minimum absolute atomic E-state index is 0.0105. The van der Waals surface area contributed by atoms with E-state index in [9.17, 15) is 18.3 Å². The van der Waals surface area contributed by atoms with Gasteiger partial charge >= 0.3 is 5.97 Å². The summed E-state index contributed by atoms with van der Waals surface area (Å²) in [5, 5.41) is 18.2. The Morgan fingerprint density at radius 1 is 1.30 bits per heavy atom. The van der Waals surface area contributed by atoms with Gasteiger partial charge in [0.05, 0.1) is 17.4 Å². The molecule has 0 saturated heterocycles. The molecule has 0 heterocycles. The van der Waals surface area contributed by atoms with Gasteiger partial charge < -0.3 is 10.2 Å². The van der Waals surface area contributed by atoms with Crippen molar-refractivity contribution in [3.05, 3.63) is 35.4 Å². The Morgan fingerprint density at radius 3 is 2.40 bits per heavy atom. The van der Waals surface area contributed by atoms with Gasteiger partial charge in [-0.05, 0) is 24.1 Å². The maximum absolute atomic E-state index is 11.8. The quantitative estimate of drug-likeness (QED) is 0.663. The molecule has 6 nitrogen and oxygen atoms in total. The van der Waals surface area contributed by atoms with Crippen LogP contribution in [0.5, 0.6) is 0 Å². The van der Waals surface area contributed by atoms with Crippen molar-refractivity contribution in [2.24, 2.45) is 0 Å². The summed E-state index contributed by atoms with van der Waals surface area (Å²) < 4.78 is 25.9. The minimum Gasteiger partial charge on any atom is -0.478 e. The van der Waals surface area contributed by atoms with Crippen molar-refractivity contribution >= 4 is 16.0 Å². The van der Waals surface area contributed by atoms with E-state index in [1.807, 2.05) is 6.92 Å². The lowest BCUT2D eigenvalue weighted by atomic mass is 10.1. The monoisotopic (exact) mass is 301 g/mol. The van der Waals surface area contributed by atoms with Crippen LogP contribution in [0.2, 0.25) is 0 Å². The van der Waals surface area contributed by atoms with Gasteiger partial charge in [-0.1, -0.05) is 25.5 Å². The largest absolute Gasteiger partial charge is 0.478 e. The molecule has 0 saturated carbocycles. The fourth-order valence-corrected chi connectivity index (χ4v) is 2.85. The number of aromatic carboxylic acids is 1. The highest BCUT2D eigenvalue weighted by Crippen LogP contribution is 2.08. The maximum Gasteiger partial charge on any atom is 0.335 e. The van der Waals surface area contributed by atoms with Crippen molar-refractivity contribution in [1.29, 1.82) is 0 Å². The fourth-order valence-electron chi connectivity index (χ4n) is 1.67. The average molecular weight is 301 g/mol. The van der Waals surface area contributed by atoms with Gasteiger partial charge in [0.2, 0.25) is 10.0 Å². The third kappa shape index (κ3) is 5.68. The number of benzene rings is 1. The Morgan fingerprint density at radius 2 is 1.90 bits per heavy atom. The molecule has 0 bridgehead atoms. The Balaban J connectivity index is 2.59. The second-order valence-electron chi connectivity index (χ2n) is 4.55. The summed E-state index contributed by atoms with van der Waals surface area (Å²) in [4.78, 5) is 10.7. The van der Waals surface area contributed by atoms with Crippen molar-refractivity contribution in [3.63, 3.8) is 0 Å². The van der Waals surface area contributed by atoms with Crippen molar-refractivity contribution in [2.75, 3.05) is 6.54 Å². The Hall–Kier alpha value is -1.44. The Labute approximate surface area is 118 Å². The number of hydrogen-bond donors (Lipinski definition) is 3. The normalized spacial score (nSPS) is 13.1. The molecular weight excluding hydrogens is 282 g/mol. The van der Waals surface area contributed by atoms with E-state index in [4.69, 9.17) is 5.11 Å². The molecule has 0 fully saturated rings. The van der Waals surface area contributed by atoms with Gasteiger partial charge in [-0.2, -0.15) is 0 Å². The molecule has 20 heavy (non-hydrogen) atoms. The molecule has 0 amide bonds. The molecule has 0 aliphatic rings. The molecule has 0 spiro atoms. The Bertz CT molecular complexity index is 538. The van der Waals surface area contributed by atoms with Gasteiger partial charge in [0.25, 0.3) is 0 Å². The fraction of sp³-hybridized carbons (Fsp3) is 0.462. The van der Waals surface area contributed by atoms with Crippen molar-refractivity contribution in [3.8, 4) is 0 Å². The number of nitrogens with one attached hydrogen (secondary N) is 1. The Kier molecular flexibility index (Phi) is 6.12. The molecule has 1 aromatic rings. The number of rotatable bonds is 8. The van der Waals surface area contributed by atoms with Gasteiger partial charge in [0, 0.05) is 6.54 Å². The lowest BCUT2D eigenvalue weighted by Gasteiger charge is -2.11. The average Bonchev–Trinajstić information content (AvgIpc) is 2.37. The summed E-state index contributed by atoms with van der Waals surface area (Å²) in [5.41, 5.74) is 0.602. The molecule has 112 valence electrons. The first-order valence-corrected chi connectivity index (χ1v) is 7.97. The van der Waals surface area contributed by atoms with Gasteiger partial charge in [-0.25, -0.2) is 17.9 Å². The summed E-state index contributed by atoms with van der Waals surface area (Å²) in [5.74, 6) is -1.30. The highest BCUT2D eigenvalue weighted by Gasteiger charge is 2.14. The maximum atomic E-state index is 11.8. The molecule has 1 rings (SSSR count). The third-order valence-corrected chi connectivity index (χ3v) is 4.04. The van der Waals surface area contributed by atoms with Crippen LogP contribution in [0.25, 0.3) is 0 Å². The van der Waals surface area contributed by atoms with E-state index >= 15 is 0 Å². The van der Waals surface area contributed by atoms with Crippen LogP contribution in [0, 0.1) is 0 Å². The molecule has 0 radical (unpaired) electrons. The van der Waals surface area contributed by atoms with Gasteiger partial charge in [-0.3, -0.25) is 0 Å². The van der Waals surface area contributed by atoms with E-state index in [2.05, 4.69) is 4.72 Å². The molecule has 7 heteroatoms. The van der Waals surface area contributed by atoms with E-state index in [1.54, 1.807) is 0 Å². The zero-order chi connectivity index (χ0) is 15.2. The predicted octanol–water partition coefficient (Wildman–Crippen LogP) is 0.965. The van der Waals surface area contributed by atoms with Gasteiger partial charge in [0.15, 0.2) is 0 Å². The number of aliphatic hydroxyl groups is 1. The number of carboxylic acid groups (broad SMARTS) is 1. The van der Waals surface area contributed by atoms with Crippen LogP contribution in [0.3, 0.4) is 0 Å². The lowest BCUT2D eigenvalue weighted by molar-refractivity contribution is 0.0697. The zero-order valence-electron chi connectivity index (χ0n) is 11.2. The van der Waals surface area contributed by atoms with Crippen LogP contribution in [0.4, 0.5) is 0 Å². The van der Waals surface area contributed by atoms with E-state index in [0.717, 1.165) is 6.42 Å². The van der Waals surface area contributed by atoms with Crippen LogP contribution in [-0.2, 0) is 15.8 Å². The standard InChI is InChI=1S/C13H19NO5S/c1-2-3-12(15)8-14-20(18,19)9-10-4-6-11(7-5-10)13(16)17/h4-7,12,14-15H,2-3,8-9H2,1H3,(H,16,17). The van der Waals surface area contributed by atoms with Crippen LogP contribution in [0.15, 0.2) is 24.3 Å². The summed E-state index contributed by atoms with van der Waals surface area (Å²) in [6.07, 6.45) is 0.624. The van der Waals surface area contributed by atoms with E-state index in [0.29, 0.717) is 12.0 Å². The van der Waals surface area contributed by atoms with Crippen LogP contribution >= 0.6 is 0 Å². The van der Waals surface area contributed by atoms with Crippen LogP contribution in [0.1, 0.15) is 35.7 Å². The summed E-state index contributed by atoms with van der Waals surface area (Å²) >= 11 is 0. The van der Waals surface area contributed by atoms with E-state index < -0.39 is 22.1 Å². The number of aliphatic hydroxyl groups excluding tert-OH is 1. The van der Waals surface area contributed by atoms with Crippen LogP contribution in [-0.4, -0.2) is 37.2 Å². The smallest absolute Gasteiger partial charge is 0.335 e.